The second-order valence-electron chi connectivity index (χ2n) is 4.85. The smallest absolute Gasteiger partial charge is 0.152 e. The van der Waals surface area contributed by atoms with E-state index in [1.54, 1.807) is 0 Å². The quantitative estimate of drug-likeness (QED) is 0.878. The van der Waals surface area contributed by atoms with Gasteiger partial charge in [0.2, 0.25) is 0 Å². The molecule has 2 rings (SSSR count). The van der Waals surface area contributed by atoms with Crippen molar-refractivity contribution in [2.24, 2.45) is 0 Å². The van der Waals surface area contributed by atoms with Crippen LogP contribution in [0.25, 0.3) is 0 Å². The summed E-state index contributed by atoms with van der Waals surface area (Å²) in [5.41, 5.74) is 3.20. The van der Waals surface area contributed by atoms with Crippen LogP contribution >= 0.6 is 0 Å². The molecule has 0 spiro atoms. The van der Waals surface area contributed by atoms with Gasteiger partial charge in [-0.2, -0.15) is 0 Å². The van der Waals surface area contributed by atoms with Gasteiger partial charge in [0.1, 0.15) is 0 Å². The molecule has 4 nitrogen and oxygen atoms in total. The topological polar surface area (TPSA) is 57.6 Å². The first-order valence-corrected chi connectivity index (χ1v) is 7.94. The van der Waals surface area contributed by atoms with Crippen molar-refractivity contribution in [3.8, 4) is 0 Å². The van der Waals surface area contributed by atoms with Crippen LogP contribution in [0.15, 0.2) is 18.2 Å². The molecule has 1 saturated heterocycles. The molecule has 1 heterocycles. The van der Waals surface area contributed by atoms with Crippen molar-refractivity contribution in [3.63, 3.8) is 0 Å². The van der Waals surface area contributed by atoms with E-state index in [1.165, 1.54) is 5.56 Å². The highest BCUT2D eigenvalue weighted by Gasteiger charge is 2.21. The average molecular weight is 269 g/mol. The maximum Gasteiger partial charge on any atom is 0.152 e. The monoisotopic (exact) mass is 269 g/mol. The van der Waals surface area contributed by atoms with Crippen LogP contribution in [0.4, 0.5) is 0 Å². The van der Waals surface area contributed by atoms with Gasteiger partial charge in [-0.25, -0.2) is 8.42 Å². The van der Waals surface area contributed by atoms with E-state index in [9.17, 15) is 8.42 Å². The molecule has 1 aromatic carbocycles. The summed E-state index contributed by atoms with van der Waals surface area (Å²) in [7, 11) is -2.80. The van der Waals surface area contributed by atoms with Gasteiger partial charge in [0.05, 0.1) is 18.1 Å². The van der Waals surface area contributed by atoms with Crippen molar-refractivity contribution in [1.29, 1.82) is 0 Å². The minimum Gasteiger partial charge on any atom is -0.392 e. The molecule has 100 valence electrons. The highest BCUT2D eigenvalue weighted by molar-refractivity contribution is 7.91. The molecular formula is C13H19NO3S. The number of aliphatic hydroxyl groups is 1. The Bertz CT molecular complexity index is 511. The molecule has 1 N–H and O–H groups in total. The lowest BCUT2D eigenvalue weighted by Crippen LogP contribution is -2.39. The number of benzene rings is 1. The number of hydrogen-bond acceptors (Lipinski definition) is 4. The summed E-state index contributed by atoms with van der Waals surface area (Å²) in [6, 6.07) is 6.00. The van der Waals surface area contributed by atoms with Crippen LogP contribution in [0, 0.1) is 6.92 Å². The van der Waals surface area contributed by atoms with Gasteiger partial charge >= 0.3 is 0 Å². The van der Waals surface area contributed by atoms with Crippen molar-refractivity contribution in [1.82, 2.24) is 4.90 Å². The van der Waals surface area contributed by atoms with Gasteiger partial charge < -0.3 is 5.11 Å². The van der Waals surface area contributed by atoms with E-state index in [2.05, 4.69) is 11.0 Å². The van der Waals surface area contributed by atoms with E-state index in [4.69, 9.17) is 5.11 Å². The number of aliphatic hydroxyl groups excluding tert-OH is 1. The summed E-state index contributed by atoms with van der Waals surface area (Å²) in [5.74, 6) is 0.529. The molecule has 0 atom stereocenters. The van der Waals surface area contributed by atoms with Gasteiger partial charge in [-0.15, -0.1) is 0 Å². The van der Waals surface area contributed by atoms with E-state index >= 15 is 0 Å². The summed E-state index contributed by atoms with van der Waals surface area (Å²) in [6.45, 7) is 4.05. The third-order valence-corrected chi connectivity index (χ3v) is 5.03. The summed E-state index contributed by atoms with van der Waals surface area (Å²) < 4.78 is 22.7. The van der Waals surface area contributed by atoms with Crippen molar-refractivity contribution in [2.45, 2.75) is 20.1 Å². The van der Waals surface area contributed by atoms with Crippen LogP contribution in [0.2, 0.25) is 0 Å². The Morgan fingerprint density at radius 1 is 1.28 bits per heavy atom. The molecule has 1 fully saturated rings. The minimum absolute atomic E-state index is 0.0636. The minimum atomic E-state index is -2.80. The zero-order valence-corrected chi connectivity index (χ0v) is 11.4. The fraction of sp³-hybridized carbons (Fsp3) is 0.538. The van der Waals surface area contributed by atoms with Crippen LogP contribution < -0.4 is 0 Å². The van der Waals surface area contributed by atoms with Crippen molar-refractivity contribution in [3.05, 3.63) is 34.9 Å². The van der Waals surface area contributed by atoms with Crippen LogP contribution in [0.5, 0.6) is 0 Å². The summed E-state index contributed by atoms with van der Waals surface area (Å²) in [5, 5.41) is 9.11. The number of rotatable bonds is 3. The number of sulfone groups is 1. The molecule has 0 radical (unpaired) electrons. The highest BCUT2D eigenvalue weighted by atomic mass is 32.2. The molecule has 1 aliphatic heterocycles. The van der Waals surface area contributed by atoms with E-state index in [0.29, 0.717) is 13.1 Å². The van der Waals surface area contributed by atoms with Crippen molar-refractivity contribution < 1.29 is 13.5 Å². The molecule has 0 amide bonds. The molecule has 1 aliphatic rings. The number of hydrogen-bond donors (Lipinski definition) is 1. The Morgan fingerprint density at radius 2 is 1.94 bits per heavy atom. The average Bonchev–Trinajstić information content (AvgIpc) is 2.32. The van der Waals surface area contributed by atoms with Crippen LogP contribution in [0.3, 0.4) is 0 Å². The SMILES string of the molecule is Cc1cc(CN2CCS(=O)(=O)CC2)ccc1CO. The maximum atomic E-state index is 11.3. The standard InChI is InChI=1S/C13H19NO3S/c1-11-8-12(2-3-13(11)10-15)9-14-4-6-18(16,17)7-5-14/h2-3,8,15H,4-7,9-10H2,1H3. The molecule has 0 aromatic heterocycles. The highest BCUT2D eigenvalue weighted by Crippen LogP contribution is 2.14. The Hall–Kier alpha value is -0.910. The largest absolute Gasteiger partial charge is 0.392 e. The molecule has 1 aromatic rings. The lowest BCUT2D eigenvalue weighted by Gasteiger charge is -2.26. The van der Waals surface area contributed by atoms with E-state index in [0.717, 1.165) is 17.7 Å². The summed E-state index contributed by atoms with van der Waals surface area (Å²) in [4.78, 5) is 2.16. The van der Waals surface area contributed by atoms with E-state index < -0.39 is 9.84 Å². The maximum absolute atomic E-state index is 11.3. The van der Waals surface area contributed by atoms with Gasteiger partial charge in [-0.05, 0) is 23.6 Å². The lowest BCUT2D eigenvalue weighted by atomic mass is 10.1. The van der Waals surface area contributed by atoms with E-state index in [1.807, 2.05) is 19.1 Å². The summed E-state index contributed by atoms with van der Waals surface area (Å²) in [6.07, 6.45) is 0. The molecule has 0 bridgehead atoms. The molecule has 18 heavy (non-hydrogen) atoms. The van der Waals surface area contributed by atoms with E-state index in [-0.39, 0.29) is 18.1 Å². The Balaban J connectivity index is 2.00. The van der Waals surface area contributed by atoms with Crippen LogP contribution in [-0.4, -0.2) is 43.0 Å². The molecule has 5 heteroatoms. The second-order valence-corrected chi connectivity index (χ2v) is 7.15. The third-order valence-electron chi connectivity index (χ3n) is 3.42. The molecule has 0 saturated carbocycles. The lowest BCUT2D eigenvalue weighted by molar-refractivity contribution is 0.280. The fourth-order valence-electron chi connectivity index (χ4n) is 2.20. The van der Waals surface area contributed by atoms with Gasteiger partial charge in [0.25, 0.3) is 0 Å². The normalized spacial score (nSPS) is 19.9. The Morgan fingerprint density at radius 3 is 2.50 bits per heavy atom. The Kier molecular flexibility index (Phi) is 4.04. The first kappa shape index (κ1) is 13.5. The number of aryl methyl sites for hydroxylation is 1. The summed E-state index contributed by atoms with van der Waals surface area (Å²) >= 11 is 0. The van der Waals surface area contributed by atoms with Gasteiger partial charge in [0.15, 0.2) is 9.84 Å². The molecular weight excluding hydrogens is 250 g/mol. The number of nitrogens with zero attached hydrogens (tertiary/aromatic N) is 1. The predicted molar refractivity (Wildman–Crippen MR) is 71.0 cm³/mol. The van der Waals surface area contributed by atoms with Crippen LogP contribution in [-0.2, 0) is 23.0 Å². The third kappa shape index (κ3) is 3.31. The van der Waals surface area contributed by atoms with Crippen molar-refractivity contribution >= 4 is 9.84 Å². The first-order chi connectivity index (χ1) is 8.50. The van der Waals surface area contributed by atoms with Gasteiger partial charge in [-0.1, -0.05) is 18.2 Å². The van der Waals surface area contributed by atoms with Gasteiger partial charge in [-0.3, -0.25) is 4.90 Å². The van der Waals surface area contributed by atoms with Gasteiger partial charge in [0, 0.05) is 19.6 Å². The predicted octanol–water partition coefficient (Wildman–Crippen LogP) is 0.718. The molecule has 0 unspecified atom stereocenters. The first-order valence-electron chi connectivity index (χ1n) is 6.12. The fourth-order valence-corrected chi connectivity index (χ4v) is 3.48. The zero-order chi connectivity index (χ0) is 13.2. The van der Waals surface area contributed by atoms with Crippen LogP contribution in [0.1, 0.15) is 16.7 Å². The van der Waals surface area contributed by atoms with Crippen molar-refractivity contribution in [2.75, 3.05) is 24.6 Å². The second kappa shape index (κ2) is 5.38. The zero-order valence-electron chi connectivity index (χ0n) is 10.6. The molecule has 0 aliphatic carbocycles. The Labute approximate surface area is 108 Å².